The van der Waals surface area contributed by atoms with Gasteiger partial charge in [-0.1, -0.05) is 63.7 Å². The molecule has 0 fully saturated rings. The minimum Gasteiger partial charge on any atom is -0.369 e. The van der Waals surface area contributed by atoms with Crippen LogP contribution in [0.25, 0.3) is 0 Å². The van der Waals surface area contributed by atoms with E-state index in [2.05, 4.69) is 36.5 Å². The second-order valence-corrected chi connectivity index (χ2v) is 4.37. The SMILES string of the molecule is C#C[C@H](O)C#CC#CCCCCCCCCCC. The fourth-order valence-electron chi connectivity index (χ4n) is 1.60. The van der Waals surface area contributed by atoms with Crippen LogP contribution in [0.1, 0.15) is 64.7 Å². The third-order valence-electron chi connectivity index (χ3n) is 2.67. The summed E-state index contributed by atoms with van der Waals surface area (Å²) in [6.45, 7) is 2.24. The highest BCUT2D eigenvalue weighted by Crippen LogP contribution is 2.08. The predicted molar refractivity (Wildman–Crippen MR) is 77.6 cm³/mol. The monoisotopic (exact) mass is 244 g/mol. The van der Waals surface area contributed by atoms with E-state index in [1.165, 1.54) is 44.9 Å². The Morgan fingerprint density at radius 3 is 2.17 bits per heavy atom. The standard InChI is InChI=1S/C17H24O/c1-3-5-6-7-8-9-10-11-12-13-14-15-16-17(18)4-2/h2,17-18H,3,5-12H2,1H3/t17-/m0/s1. The van der Waals surface area contributed by atoms with Gasteiger partial charge in [-0.3, -0.25) is 0 Å². The number of aliphatic hydroxyl groups excluding tert-OH is 1. The van der Waals surface area contributed by atoms with E-state index in [-0.39, 0.29) is 0 Å². The van der Waals surface area contributed by atoms with Crippen molar-refractivity contribution in [3.8, 4) is 36.0 Å². The zero-order valence-corrected chi connectivity index (χ0v) is 11.5. The molecule has 0 aromatic carbocycles. The molecule has 98 valence electrons. The minimum absolute atomic E-state index is 0.885. The summed E-state index contributed by atoms with van der Waals surface area (Å²) in [5.41, 5.74) is 0. The molecule has 1 heteroatoms. The van der Waals surface area contributed by atoms with Crippen LogP contribution in [0.4, 0.5) is 0 Å². The Morgan fingerprint density at radius 2 is 1.56 bits per heavy atom. The van der Waals surface area contributed by atoms with Crippen LogP contribution >= 0.6 is 0 Å². The van der Waals surface area contributed by atoms with E-state index in [4.69, 9.17) is 11.5 Å². The molecule has 0 heterocycles. The molecule has 0 aliphatic heterocycles. The van der Waals surface area contributed by atoms with Gasteiger partial charge >= 0.3 is 0 Å². The summed E-state index contributed by atoms with van der Waals surface area (Å²) < 4.78 is 0. The van der Waals surface area contributed by atoms with E-state index in [9.17, 15) is 0 Å². The van der Waals surface area contributed by atoms with Crippen molar-refractivity contribution < 1.29 is 5.11 Å². The summed E-state index contributed by atoms with van der Waals surface area (Å²) in [6, 6.07) is 0. The average molecular weight is 244 g/mol. The Hall–Kier alpha value is -1.36. The summed E-state index contributed by atoms with van der Waals surface area (Å²) in [6.07, 6.45) is 15.3. The number of hydrogen-bond donors (Lipinski definition) is 1. The lowest BCUT2D eigenvalue weighted by molar-refractivity contribution is 0.290. The molecule has 0 saturated heterocycles. The van der Waals surface area contributed by atoms with Gasteiger partial charge in [-0.15, -0.1) is 6.42 Å². The number of rotatable bonds is 8. The van der Waals surface area contributed by atoms with Crippen molar-refractivity contribution in [2.75, 3.05) is 0 Å². The third-order valence-corrected chi connectivity index (χ3v) is 2.67. The molecule has 0 aliphatic carbocycles. The van der Waals surface area contributed by atoms with Crippen molar-refractivity contribution in [2.24, 2.45) is 0 Å². The maximum absolute atomic E-state index is 8.94. The molecule has 0 aliphatic rings. The Morgan fingerprint density at radius 1 is 0.944 bits per heavy atom. The maximum Gasteiger partial charge on any atom is 0.177 e. The van der Waals surface area contributed by atoms with E-state index in [0.717, 1.165) is 12.8 Å². The van der Waals surface area contributed by atoms with Gasteiger partial charge in [-0.25, -0.2) is 0 Å². The van der Waals surface area contributed by atoms with Gasteiger partial charge in [0.25, 0.3) is 0 Å². The van der Waals surface area contributed by atoms with Crippen molar-refractivity contribution in [2.45, 2.75) is 70.8 Å². The van der Waals surface area contributed by atoms with Crippen molar-refractivity contribution in [3.63, 3.8) is 0 Å². The van der Waals surface area contributed by atoms with Crippen LogP contribution in [0.15, 0.2) is 0 Å². The molecular formula is C17H24O. The van der Waals surface area contributed by atoms with E-state index in [0.29, 0.717) is 0 Å². The second kappa shape index (κ2) is 13.7. The lowest BCUT2D eigenvalue weighted by Crippen LogP contribution is -1.95. The van der Waals surface area contributed by atoms with Gasteiger partial charge in [0.2, 0.25) is 0 Å². The predicted octanol–water partition coefficient (Wildman–Crippen LogP) is 3.52. The van der Waals surface area contributed by atoms with Gasteiger partial charge in [0.15, 0.2) is 6.10 Å². The lowest BCUT2D eigenvalue weighted by Gasteiger charge is -1.98. The molecule has 0 saturated carbocycles. The molecule has 0 bridgehead atoms. The number of hydrogen-bond acceptors (Lipinski definition) is 1. The highest BCUT2D eigenvalue weighted by atomic mass is 16.3. The largest absolute Gasteiger partial charge is 0.369 e. The van der Waals surface area contributed by atoms with Crippen LogP contribution in [0.2, 0.25) is 0 Å². The van der Waals surface area contributed by atoms with Crippen LogP contribution in [0, 0.1) is 36.0 Å². The first-order valence-corrected chi connectivity index (χ1v) is 6.93. The summed E-state index contributed by atoms with van der Waals surface area (Å²) in [5, 5.41) is 8.94. The number of unbranched alkanes of at least 4 members (excludes halogenated alkanes) is 8. The molecule has 18 heavy (non-hydrogen) atoms. The smallest absolute Gasteiger partial charge is 0.177 e. The number of aliphatic hydroxyl groups is 1. The molecule has 0 radical (unpaired) electrons. The zero-order valence-electron chi connectivity index (χ0n) is 11.5. The first-order chi connectivity index (χ1) is 8.81. The minimum atomic E-state index is -0.984. The molecule has 0 unspecified atom stereocenters. The van der Waals surface area contributed by atoms with E-state index in [1.54, 1.807) is 0 Å². The molecule has 0 aromatic rings. The topological polar surface area (TPSA) is 20.2 Å². The van der Waals surface area contributed by atoms with Gasteiger partial charge in [-0.2, -0.15) is 0 Å². The van der Waals surface area contributed by atoms with Crippen molar-refractivity contribution in [1.82, 2.24) is 0 Å². The molecular weight excluding hydrogens is 220 g/mol. The van der Waals surface area contributed by atoms with Gasteiger partial charge in [0, 0.05) is 6.42 Å². The lowest BCUT2D eigenvalue weighted by atomic mass is 10.1. The molecule has 1 atom stereocenters. The van der Waals surface area contributed by atoms with Crippen LogP contribution in [0.3, 0.4) is 0 Å². The van der Waals surface area contributed by atoms with Gasteiger partial charge < -0.3 is 5.11 Å². The van der Waals surface area contributed by atoms with Gasteiger partial charge in [-0.05, 0) is 24.2 Å². The Bertz CT molecular complexity index is 340. The van der Waals surface area contributed by atoms with E-state index in [1.807, 2.05) is 0 Å². The van der Waals surface area contributed by atoms with E-state index >= 15 is 0 Å². The first kappa shape index (κ1) is 16.6. The molecule has 0 aromatic heterocycles. The van der Waals surface area contributed by atoms with Crippen molar-refractivity contribution in [1.29, 1.82) is 0 Å². The third kappa shape index (κ3) is 12.7. The highest BCUT2D eigenvalue weighted by Gasteiger charge is 1.90. The summed E-state index contributed by atoms with van der Waals surface area (Å²) >= 11 is 0. The average Bonchev–Trinajstić information content (AvgIpc) is 2.39. The second-order valence-electron chi connectivity index (χ2n) is 4.37. The normalized spacial score (nSPS) is 10.5. The Balaban J connectivity index is 3.32. The molecule has 1 N–H and O–H groups in total. The van der Waals surface area contributed by atoms with Gasteiger partial charge in [0.05, 0.1) is 0 Å². The maximum atomic E-state index is 8.94. The fraction of sp³-hybridized carbons (Fsp3) is 0.647. The molecule has 0 amide bonds. The molecule has 0 spiro atoms. The van der Waals surface area contributed by atoms with Crippen LogP contribution in [-0.2, 0) is 0 Å². The summed E-state index contributed by atoms with van der Waals surface area (Å²) in [5.74, 6) is 12.8. The highest BCUT2D eigenvalue weighted by molar-refractivity contribution is 5.29. The van der Waals surface area contributed by atoms with Crippen molar-refractivity contribution >= 4 is 0 Å². The van der Waals surface area contributed by atoms with Crippen molar-refractivity contribution in [3.05, 3.63) is 0 Å². The van der Waals surface area contributed by atoms with Crippen LogP contribution in [0.5, 0.6) is 0 Å². The van der Waals surface area contributed by atoms with E-state index < -0.39 is 6.10 Å². The first-order valence-electron chi connectivity index (χ1n) is 6.93. The number of terminal acetylenes is 1. The summed E-state index contributed by atoms with van der Waals surface area (Å²) in [4.78, 5) is 0. The quantitative estimate of drug-likeness (QED) is 0.511. The van der Waals surface area contributed by atoms with Crippen LogP contribution in [-0.4, -0.2) is 11.2 Å². The zero-order chi connectivity index (χ0) is 13.5. The fourth-order valence-corrected chi connectivity index (χ4v) is 1.60. The Kier molecular flexibility index (Phi) is 12.7. The van der Waals surface area contributed by atoms with Crippen LogP contribution < -0.4 is 0 Å². The Labute approximate surface area is 112 Å². The summed E-state index contributed by atoms with van der Waals surface area (Å²) in [7, 11) is 0. The molecule has 1 nitrogen and oxygen atoms in total. The molecule has 0 rings (SSSR count). The van der Waals surface area contributed by atoms with Gasteiger partial charge in [0.1, 0.15) is 0 Å².